The molecular weight excluding hydrogens is 328 g/mol. The normalized spacial score (nSPS) is 33.8. The van der Waals surface area contributed by atoms with Crippen molar-refractivity contribution in [2.24, 2.45) is 5.92 Å². The number of fused-ring (bicyclic) bond motifs is 1. The van der Waals surface area contributed by atoms with Gasteiger partial charge in [-0.15, -0.1) is 0 Å². The summed E-state index contributed by atoms with van der Waals surface area (Å²) < 4.78 is 5.96. The van der Waals surface area contributed by atoms with Gasteiger partial charge >= 0.3 is 0 Å². The van der Waals surface area contributed by atoms with Gasteiger partial charge in [-0.1, -0.05) is 36.4 Å². The van der Waals surface area contributed by atoms with Crippen LogP contribution in [0.15, 0.2) is 54.7 Å². The van der Waals surface area contributed by atoms with E-state index in [9.17, 15) is 10.2 Å². The molecule has 2 aliphatic rings. The monoisotopic (exact) mass is 354 g/mol. The fourth-order valence-electron chi connectivity index (χ4n) is 4.39. The molecule has 2 aromatic rings. The van der Waals surface area contributed by atoms with Crippen LogP contribution in [-0.2, 0) is 11.2 Å². The third-order valence-corrected chi connectivity index (χ3v) is 5.81. The Morgan fingerprint density at radius 1 is 1.12 bits per heavy atom. The van der Waals surface area contributed by atoms with Crippen LogP contribution in [0.5, 0.6) is 0 Å². The predicted molar refractivity (Wildman–Crippen MR) is 98.5 cm³/mol. The van der Waals surface area contributed by atoms with Crippen LogP contribution in [0.3, 0.4) is 0 Å². The zero-order valence-electron chi connectivity index (χ0n) is 14.8. The van der Waals surface area contributed by atoms with Gasteiger partial charge in [-0.05, 0) is 49.4 Å². The van der Waals surface area contributed by atoms with Crippen molar-refractivity contribution in [2.45, 2.75) is 43.1 Å². The number of aliphatic hydroxyl groups is 2. The summed E-state index contributed by atoms with van der Waals surface area (Å²) in [5.41, 5.74) is 1.11. The van der Waals surface area contributed by atoms with Crippen LogP contribution in [-0.4, -0.2) is 46.1 Å². The first kappa shape index (κ1) is 17.6. The third-order valence-electron chi connectivity index (χ3n) is 5.81. The molecule has 5 atom stereocenters. The summed E-state index contributed by atoms with van der Waals surface area (Å²) in [4.78, 5) is 4.38. The second kappa shape index (κ2) is 7.45. The molecule has 1 saturated carbocycles. The van der Waals surface area contributed by atoms with Gasteiger partial charge in [0.1, 0.15) is 5.60 Å². The van der Waals surface area contributed by atoms with E-state index in [1.807, 2.05) is 36.4 Å². The highest BCUT2D eigenvalue weighted by molar-refractivity contribution is 5.16. The van der Waals surface area contributed by atoms with Gasteiger partial charge in [0.15, 0.2) is 0 Å². The lowest BCUT2D eigenvalue weighted by molar-refractivity contribution is -0.156. The Morgan fingerprint density at radius 2 is 1.92 bits per heavy atom. The molecule has 0 unspecified atom stereocenters. The molecule has 0 spiro atoms. The van der Waals surface area contributed by atoms with E-state index in [1.165, 1.54) is 5.56 Å². The molecule has 1 aliphatic heterocycles. The molecule has 2 fully saturated rings. The Bertz CT molecular complexity index is 712. The molecular formula is C21H26N2O3. The maximum atomic E-state index is 11.2. The molecule has 1 saturated heterocycles. The van der Waals surface area contributed by atoms with Crippen LogP contribution in [0.4, 0.5) is 0 Å². The average molecular weight is 354 g/mol. The highest BCUT2D eigenvalue weighted by Crippen LogP contribution is 2.46. The van der Waals surface area contributed by atoms with Crippen molar-refractivity contribution in [1.82, 2.24) is 10.3 Å². The first-order valence-corrected chi connectivity index (χ1v) is 9.37. The summed E-state index contributed by atoms with van der Waals surface area (Å²) in [6.07, 6.45) is 3.22. The molecule has 1 aromatic heterocycles. The fraction of sp³-hybridized carbons (Fsp3) is 0.476. The van der Waals surface area contributed by atoms with Crippen molar-refractivity contribution in [2.75, 3.05) is 13.2 Å². The van der Waals surface area contributed by atoms with Crippen LogP contribution >= 0.6 is 0 Å². The molecule has 138 valence electrons. The van der Waals surface area contributed by atoms with Gasteiger partial charge in [-0.25, -0.2) is 0 Å². The van der Waals surface area contributed by atoms with Gasteiger partial charge in [0.2, 0.25) is 0 Å². The molecule has 5 nitrogen and oxygen atoms in total. The average Bonchev–Trinajstić information content (AvgIpc) is 2.93. The van der Waals surface area contributed by atoms with Crippen LogP contribution in [0.25, 0.3) is 0 Å². The molecule has 26 heavy (non-hydrogen) atoms. The number of pyridine rings is 1. The summed E-state index contributed by atoms with van der Waals surface area (Å²) >= 11 is 0. The number of hydrogen-bond acceptors (Lipinski definition) is 5. The number of ether oxygens (including phenoxy) is 1. The largest absolute Gasteiger partial charge is 0.391 e. The standard InChI is InChI=1S/C21H26N2O3/c24-18-12-16-13-19(17-8-4-5-10-22-17)26-14-21(16,25)20(18)23-11-9-15-6-2-1-3-7-15/h1-8,10,16,18-20,23-25H,9,11-14H2/t16-,18+,19-,20-,21-/m1/s1. The van der Waals surface area contributed by atoms with Crippen LogP contribution in [0.2, 0.25) is 0 Å². The number of benzene rings is 1. The van der Waals surface area contributed by atoms with E-state index in [4.69, 9.17) is 4.74 Å². The van der Waals surface area contributed by atoms with E-state index in [1.54, 1.807) is 6.20 Å². The summed E-state index contributed by atoms with van der Waals surface area (Å²) in [6.45, 7) is 0.934. The summed E-state index contributed by atoms with van der Waals surface area (Å²) in [5.74, 6) is 0.00693. The zero-order chi connectivity index (χ0) is 18.0. The van der Waals surface area contributed by atoms with Gasteiger partial charge in [0.05, 0.1) is 30.6 Å². The molecule has 2 heterocycles. The number of nitrogens with one attached hydrogen (secondary N) is 1. The van der Waals surface area contributed by atoms with Crippen LogP contribution in [0.1, 0.15) is 30.2 Å². The molecule has 4 rings (SSSR count). The zero-order valence-corrected chi connectivity index (χ0v) is 14.8. The van der Waals surface area contributed by atoms with Crippen molar-refractivity contribution in [3.05, 3.63) is 66.0 Å². The van der Waals surface area contributed by atoms with Gasteiger partial charge < -0.3 is 20.3 Å². The van der Waals surface area contributed by atoms with Gasteiger partial charge in [0.25, 0.3) is 0 Å². The molecule has 5 heteroatoms. The van der Waals surface area contributed by atoms with Crippen molar-refractivity contribution in [3.8, 4) is 0 Å². The summed E-state index contributed by atoms with van der Waals surface area (Å²) in [7, 11) is 0. The first-order valence-electron chi connectivity index (χ1n) is 9.37. The minimum atomic E-state index is -1.03. The maximum Gasteiger partial charge on any atom is 0.109 e. The van der Waals surface area contributed by atoms with E-state index in [0.717, 1.165) is 12.1 Å². The lowest BCUT2D eigenvalue weighted by Gasteiger charge is -2.42. The van der Waals surface area contributed by atoms with Crippen molar-refractivity contribution in [3.63, 3.8) is 0 Å². The molecule has 0 radical (unpaired) electrons. The number of hydrogen-bond donors (Lipinski definition) is 3. The highest BCUT2D eigenvalue weighted by atomic mass is 16.5. The van der Waals surface area contributed by atoms with E-state index in [-0.39, 0.29) is 24.7 Å². The number of aromatic nitrogens is 1. The Balaban J connectivity index is 1.39. The van der Waals surface area contributed by atoms with Crippen molar-refractivity contribution < 1.29 is 14.9 Å². The fourth-order valence-corrected chi connectivity index (χ4v) is 4.39. The third kappa shape index (κ3) is 3.40. The quantitative estimate of drug-likeness (QED) is 0.764. The number of rotatable bonds is 5. The lowest BCUT2D eigenvalue weighted by atomic mass is 9.82. The Morgan fingerprint density at radius 3 is 2.69 bits per heavy atom. The van der Waals surface area contributed by atoms with E-state index < -0.39 is 11.7 Å². The predicted octanol–water partition coefficient (Wildman–Crippen LogP) is 1.86. The molecule has 3 N–H and O–H groups in total. The summed E-state index contributed by atoms with van der Waals surface area (Å²) in [6, 6.07) is 15.7. The second-order valence-electron chi connectivity index (χ2n) is 7.45. The van der Waals surface area contributed by atoms with E-state index >= 15 is 0 Å². The number of nitrogens with zero attached hydrogens (tertiary/aromatic N) is 1. The summed E-state index contributed by atoms with van der Waals surface area (Å²) in [5, 5.41) is 25.2. The topological polar surface area (TPSA) is 74.6 Å². The molecule has 0 amide bonds. The van der Waals surface area contributed by atoms with Crippen LogP contribution < -0.4 is 5.32 Å². The highest BCUT2D eigenvalue weighted by Gasteiger charge is 2.56. The molecule has 0 bridgehead atoms. The van der Waals surface area contributed by atoms with Gasteiger partial charge in [-0.3, -0.25) is 4.98 Å². The van der Waals surface area contributed by atoms with Gasteiger partial charge in [0, 0.05) is 6.20 Å². The Kier molecular flexibility index (Phi) is 5.05. The minimum absolute atomic E-state index is 0.00693. The first-order chi connectivity index (χ1) is 12.7. The van der Waals surface area contributed by atoms with E-state index in [0.29, 0.717) is 19.4 Å². The van der Waals surface area contributed by atoms with Crippen molar-refractivity contribution >= 4 is 0 Å². The Hall–Kier alpha value is -1.79. The molecule has 1 aliphatic carbocycles. The van der Waals surface area contributed by atoms with Crippen molar-refractivity contribution in [1.29, 1.82) is 0 Å². The molecule has 1 aromatic carbocycles. The Labute approximate surface area is 154 Å². The SMILES string of the molecule is O[C@H]1C[C@@H]2C[C@H](c3ccccn3)OC[C@]2(O)[C@@H]1NCCc1ccccc1. The lowest BCUT2D eigenvalue weighted by Crippen LogP contribution is -2.58. The smallest absolute Gasteiger partial charge is 0.109 e. The van der Waals surface area contributed by atoms with Crippen LogP contribution in [0, 0.1) is 5.92 Å². The second-order valence-corrected chi connectivity index (χ2v) is 7.45. The van der Waals surface area contributed by atoms with Gasteiger partial charge in [-0.2, -0.15) is 0 Å². The van der Waals surface area contributed by atoms with E-state index in [2.05, 4.69) is 22.4 Å². The maximum absolute atomic E-state index is 11.2. The number of aliphatic hydroxyl groups excluding tert-OH is 1. The minimum Gasteiger partial charge on any atom is -0.391 e.